The van der Waals surface area contributed by atoms with Crippen LogP contribution in [-0.4, -0.2) is 27.9 Å². The third-order valence-electron chi connectivity index (χ3n) is 5.51. The van der Waals surface area contributed by atoms with Crippen molar-refractivity contribution in [2.24, 2.45) is 0 Å². The quantitative estimate of drug-likeness (QED) is 0.464. The zero-order chi connectivity index (χ0) is 21.8. The summed E-state index contributed by atoms with van der Waals surface area (Å²) in [6.07, 6.45) is 0.895. The summed E-state index contributed by atoms with van der Waals surface area (Å²) >= 11 is 1.81. The summed E-state index contributed by atoms with van der Waals surface area (Å²) < 4.78 is 30.9. The van der Waals surface area contributed by atoms with E-state index in [0.717, 1.165) is 24.2 Å². The number of anilines is 1. The van der Waals surface area contributed by atoms with E-state index in [1.807, 2.05) is 48.2 Å². The minimum absolute atomic E-state index is 0.168. The van der Waals surface area contributed by atoms with E-state index >= 15 is 0 Å². The van der Waals surface area contributed by atoms with Crippen LogP contribution >= 0.6 is 11.8 Å². The Bertz CT molecular complexity index is 1030. The summed E-state index contributed by atoms with van der Waals surface area (Å²) in [7, 11) is 4.87. The first-order chi connectivity index (χ1) is 15.1. The van der Waals surface area contributed by atoms with Crippen molar-refractivity contribution in [3.8, 4) is 17.2 Å². The lowest BCUT2D eigenvalue weighted by Crippen LogP contribution is -2.24. The zero-order valence-electron chi connectivity index (χ0n) is 17.9. The van der Waals surface area contributed by atoms with Gasteiger partial charge in [-0.05, 0) is 42.3 Å². The molecule has 0 amide bonds. The number of methoxy groups -OCH3 is 3. The van der Waals surface area contributed by atoms with E-state index in [4.69, 9.17) is 14.2 Å². The van der Waals surface area contributed by atoms with Gasteiger partial charge in [0.1, 0.15) is 5.82 Å². The molecule has 3 aromatic carbocycles. The molecule has 31 heavy (non-hydrogen) atoms. The molecule has 4 rings (SSSR count). The highest BCUT2D eigenvalue weighted by molar-refractivity contribution is 7.99. The third-order valence-corrected chi connectivity index (χ3v) is 6.91. The molecule has 0 radical (unpaired) electrons. The van der Waals surface area contributed by atoms with Crippen LogP contribution in [0.15, 0.2) is 65.6 Å². The van der Waals surface area contributed by atoms with Gasteiger partial charge in [-0.1, -0.05) is 30.3 Å². The van der Waals surface area contributed by atoms with Gasteiger partial charge in [0.15, 0.2) is 11.5 Å². The van der Waals surface area contributed by atoms with Gasteiger partial charge in [-0.25, -0.2) is 4.39 Å². The summed E-state index contributed by atoms with van der Waals surface area (Å²) in [6.45, 7) is 1.34. The molecule has 1 aliphatic rings. The largest absolute Gasteiger partial charge is 0.493 e. The maximum Gasteiger partial charge on any atom is 0.203 e. The molecule has 3 aromatic rings. The van der Waals surface area contributed by atoms with Crippen molar-refractivity contribution in [2.75, 3.05) is 32.8 Å². The number of para-hydroxylation sites is 1. The Morgan fingerprint density at radius 3 is 2.29 bits per heavy atom. The van der Waals surface area contributed by atoms with Crippen molar-refractivity contribution in [3.63, 3.8) is 0 Å². The molecular formula is C25H26FNO3S. The lowest BCUT2D eigenvalue weighted by Gasteiger charge is -2.25. The minimum atomic E-state index is -0.168. The number of hydrogen-bond donors (Lipinski definition) is 0. The first-order valence-electron chi connectivity index (χ1n) is 10.2. The van der Waals surface area contributed by atoms with Gasteiger partial charge >= 0.3 is 0 Å². The second-order valence-electron chi connectivity index (χ2n) is 7.33. The molecule has 162 valence electrons. The zero-order valence-corrected chi connectivity index (χ0v) is 18.7. The third kappa shape index (κ3) is 4.44. The fraction of sp³-hybridized carbons (Fsp3) is 0.280. The van der Waals surface area contributed by atoms with Crippen molar-refractivity contribution in [1.82, 2.24) is 0 Å². The summed E-state index contributed by atoms with van der Waals surface area (Å²) in [4.78, 5) is 3.44. The lowest BCUT2D eigenvalue weighted by atomic mass is 10.1. The Balaban J connectivity index is 1.68. The molecule has 1 unspecified atom stereocenters. The molecule has 6 heteroatoms. The number of fused-ring (bicyclic) bond motifs is 1. The first kappa shape index (κ1) is 21.4. The molecule has 4 nitrogen and oxygen atoms in total. The number of ether oxygens (including phenoxy) is 3. The molecule has 0 aliphatic carbocycles. The van der Waals surface area contributed by atoms with Gasteiger partial charge in [0, 0.05) is 28.8 Å². The molecule has 0 saturated heterocycles. The van der Waals surface area contributed by atoms with Crippen LogP contribution in [0.5, 0.6) is 17.2 Å². The average Bonchev–Trinajstić information content (AvgIpc) is 2.99. The SMILES string of the molecule is COc1cc(C2CCN(Cc3ccccc3F)c3ccccc3S2)cc(OC)c1OC. The van der Waals surface area contributed by atoms with Crippen LogP contribution in [0.25, 0.3) is 0 Å². The summed E-state index contributed by atoms with van der Waals surface area (Å²) in [5.41, 5.74) is 2.95. The average molecular weight is 440 g/mol. The Morgan fingerprint density at radius 2 is 1.61 bits per heavy atom. The van der Waals surface area contributed by atoms with Crippen LogP contribution in [-0.2, 0) is 6.54 Å². The fourth-order valence-corrected chi connectivity index (χ4v) is 5.22. The van der Waals surface area contributed by atoms with Crippen LogP contribution < -0.4 is 19.1 Å². The van der Waals surface area contributed by atoms with Gasteiger partial charge in [-0.15, -0.1) is 11.8 Å². The van der Waals surface area contributed by atoms with Gasteiger partial charge in [0.05, 0.1) is 27.0 Å². The topological polar surface area (TPSA) is 30.9 Å². The smallest absolute Gasteiger partial charge is 0.203 e. The van der Waals surface area contributed by atoms with Crippen LogP contribution in [0.2, 0.25) is 0 Å². The normalized spacial score (nSPS) is 15.7. The maximum atomic E-state index is 14.3. The van der Waals surface area contributed by atoms with E-state index < -0.39 is 0 Å². The number of rotatable bonds is 6. The molecule has 0 spiro atoms. The van der Waals surface area contributed by atoms with Crippen LogP contribution in [0.4, 0.5) is 10.1 Å². The van der Waals surface area contributed by atoms with Gasteiger partial charge in [-0.3, -0.25) is 0 Å². The van der Waals surface area contributed by atoms with Crippen molar-refractivity contribution in [3.05, 3.63) is 77.6 Å². The Morgan fingerprint density at radius 1 is 0.935 bits per heavy atom. The number of nitrogens with zero attached hydrogens (tertiary/aromatic N) is 1. The van der Waals surface area contributed by atoms with Crippen molar-refractivity contribution in [1.29, 1.82) is 0 Å². The predicted molar refractivity (Wildman–Crippen MR) is 123 cm³/mol. The van der Waals surface area contributed by atoms with Crippen LogP contribution in [0.3, 0.4) is 0 Å². The number of thioether (sulfide) groups is 1. The van der Waals surface area contributed by atoms with E-state index in [-0.39, 0.29) is 11.1 Å². The monoisotopic (exact) mass is 439 g/mol. The Kier molecular flexibility index (Phi) is 6.56. The van der Waals surface area contributed by atoms with Gasteiger partial charge in [0.25, 0.3) is 0 Å². The molecule has 0 bridgehead atoms. The second kappa shape index (κ2) is 9.52. The van der Waals surface area contributed by atoms with E-state index in [2.05, 4.69) is 17.0 Å². The standard InChI is InChI=1S/C25H26FNO3S/c1-28-21-14-18(15-22(29-2)25(21)30-3)23-12-13-27(16-17-8-4-5-9-19(17)26)20-10-6-7-11-24(20)31-23/h4-11,14-15,23H,12-13,16H2,1-3H3. The molecule has 0 N–H and O–H groups in total. The number of halogens is 1. The molecule has 1 atom stereocenters. The fourth-order valence-electron chi connectivity index (χ4n) is 3.94. The van der Waals surface area contributed by atoms with Crippen LogP contribution in [0, 0.1) is 5.82 Å². The molecule has 0 fully saturated rings. The lowest BCUT2D eigenvalue weighted by molar-refractivity contribution is 0.323. The maximum absolute atomic E-state index is 14.3. The van der Waals surface area contributed by atoms with E-state index in [0.29, 0.717) is 29.4 Å². The summed E-state index contributed by atoms with van der Waals surface area (Å²) in [5.74, 6) is 1.73. The number of benzene rings is 3. The first-order valence-corrected chi connectivity index (χ1v) is 11.1. The highest BCUT2D eigenvalue weighted by atomic mass is 32.2. The highest BCUT2D eigenvalue weighted by Crippen LogP contribution is 2.48. The molecule has 0 saturated carbocycles. The Hall–Kier alpha value is -2.86. The molecule has 1 aliphatic heterocycles. The van der Waals surface area contributed by atoms with Crippen molar-refractivity contribution >= 4 is 17.4 Å². The van der Waals surface area contributed by atoms with Crippen LogP contribution in [0.1, 0.15) is 22.8 Å². The van der Waals surface area contributed by atoms with Crippen molar-refractivity contribution < 1.29 is 18.6 Å². The van der Waals surface area contributed by atoms with Gasteiger partial charge in [0.2, 0.25) is 5.75 Å². The van der Waals surface area contributed by atoms with E-state index in [1.54, 1.807) is 27.4 Å². The van der Waals surface area contributed by atoms with E-state index in [9.17, 15) is 4.39 Å². The molecular weight excluding hydrogens is 413 g/mol. The molecule has 0 aromatic heterocycles. The van der Waals surface area contributed by atoms with E-state index in [1.165, 1.54) is 11.0 Å². The second-order valence-corrected chi connectivity index (χ2v) is 8.58. The minimum Gasteiger partial charge on any atom is -0.493 e. The predicted octanol–water partition coefficient (Wildman–Crippen LogP) is 6.10. The summed E-state index contributed by atoms with van der Waals surface area (Å²) in [6, 6.07) is 19.4. The van der Waals surface area contributed by atoms with Crippen molar-refractivity contribution in [2.45, 2.75) is 23.1 Å². The van der Waals surface area contributed by atoms with Gasteiger partial charge < -0.3 is 19.1 Å². The number of hydrogen-bond acceptors (Lipinski definition) is 5. The highest BCUT2D eigenvalue weighted by Gasteiger charge is 2.26. The molecule has 1 heterocycles. The summed E-state index contributed by atoms with van der Waals surface area (Å²) in [5, 5.41) is 0.195. The Labute approximate surface area is 186 Å². The van der Waals surface area contributed by atoms with Gasteiger partial charge in [-0.2, -0.15) is 0 Å².